The van der Waals surface area contributed by atoms with Crippen LogP contribution in [0.4, 0.5) is 0 Å². The van der Waals surface area contributed by atoms with Crippen LogP contribution in [-0.2, 0) is 9.47 Å². The second-order valence-corrected chi connectivity index (χ2v) is 4.25. The molecule has 0 saturated heterocycles. The van der Waals surface area contributed by atoms with Crippen LogP contribution in [0.25, 0.3) is 0 Å². The van der Waals surface area contributed by atoms with E-state index in [1.165, 1.54) is 0 Å². The zero-order valence-corrected chi connectivity index (χ0v) is 11.6. The third kappa shape index (κ3) is 8.51. The Morgan fingerprint density at radius 2 is 2.00 bits per heavy atom. The Hall–Kier alpha value is -0.200. The molecule has 0 aliphatic heterocycles. The number of aliphatic hydroxyl groups excluding tert-OH is 1. The number of methoxy groups -OCH3 is 2. The highest BCUT2D eigenvalue weighted by Crippen LogP contribution is 2.01. The van der Waals surface area contributed by atoms with E-state index >= 15 is 0 Å². The smallest absolute Gasteiger partial charge is 0.0791 e. The minimum atomic E-state index is -0.355. The molecule has 0 amide bonds. The van der Waals surface area contributed by atoms with E-state index in [0.717, 1.165) is 13.1 Å². The average molecular weight is 248 g/mol. The number of nitrogens with zero attached hydrogens (tertiary/aromatic N) is 1. The quantitative estimate of drug-likeness (QED) is 0.536. The molecule has 2 unspecified atom stereocenters. The summed E-state index contributed by atoms with van der Waals surface area (Å²) in [6, 6.07) is 0.284. The molecule has 17 heavy (non-hydrogen) atoms. The monoisotopic (exact) mass is 248 g/mol. The van der Waals surface area contributed by atoms with Crippen molar-refractivity contribution in [3.63, 3.8) is 0 Å². The summed E-state index contributed by atoms with van der Waals surface area (Å²) < 4.78 is 10.2. The molecule has 104 valence electrons. The van der Waals surface area contributed by atoms with E-state index in [-0.39, 0.29) is 12.1 Å². The number of hydrogen-bond acceptors (Lipinski definition) is 5. The summed E-state index contributed by atoms with van der Waals surface area (Å²) in [5.41, 5.74) is 0. The first-order valence-electron chi connectivity index (χ1n) is 6.26. The van der Waals surface area contributed by atoms with Gasteiger partial charge in [-0.1, -0.05) is 6.92 Å². The highest BCUT2D eigenvalue weighted by Gasteiger charge is 2.17. The lowest BCUT2D eigenvalue weighted by Gasteiger charge is -2.30. The lowest BCUT2D eigenvalue weighted by molar-refractivity contribution is 0.0393. The molecule has 2 atom stereocenters. The van der Waals surface area contributed by atoms with E-state index in [4.69, 9.17) is 9.47 Å². The topological polar surface area (TPSA) is 54.0 Å². The Balaban J connectivity index is 4.06. The molecule has 0 radical (unpaired) electrons. The fourth-order valence-corrected chi connectivity index (χ4v) is 1.69. The van der Waals surface area contributed by atoms with Crippen LogP contribution in [0.1, 0.15) is 13.8 Å². The summed E-state index contributed by atoms with van der Waals surface area (Å²) >= 11 is 0. The molecule has 0 aromatic carbocycles. The molecule has 0 aromatic heterocycles. The van der Waals surface area contributed by atoms with E-state index in [1.54, 1.807) is 14.2 Å². The number of nitrogens with one attached hydrogen (secondary N) is 1. The van der Waals surface area contributed by atoms with Crippen molar-refractivity contribution < 1.29 is 14.6 Å². The average Bonchev–Trinajstić information content (AvgIpc) is 2.32. The third-order valence-corrected chi connectivity index (χ3v) is 2.69. The Morgan fingerprint density at radius 3 is 2.53 bits per heavy atom. The summed E-state index contributed by atoms with van der Waals surface area (Å²) in [7, 11) is 3.38. The number of likely N-dealkylation sites (N-methyl/N-ethyl adjacent to an activating group) is 1. The Morgan fingerprint density at radius 1 is 1.29 bits per heavy atom. The predicted molar refractivity (Wildman–Crippen MR) is 69.3 cm³/mol. The van der Waals surface area contributed by atoms with Crippen LogP contribution in [0.3, 0.4) is 0 Å². The van der Waals surface area contributed by atoms with Gasteiger partial charge in [-0.25, -0.2) is 0 Å². The molecule has 0 aliphatic rings. The van der Waals surface area contributed by atoms with Crippen LogP contribution in [0.15, 0.2) is 0 Å². The van der Waals surface area contributed by atoms with Crippen molar-refractivity contribution >= 4 is 0 Å². The first-order chi connectivity index (χ1) is 8.15. The predicted octanol–water partition coefficient (Wildman–Crippen LogP) is -0.0599. The fourth-order valence-electron chi connectivity index (χ4n) is 1.69. The maximum Gasteiger partial charge on any atom is 0.0791 e. The normalized spacial score (nSPS) is 15.2. The summed E-state index contributed by atoms with van der Waals surface area (Å²) in [6.45, 7) is 8.41. The Bertz CT molecular complexity index is 170. The molecular formula is C12H28N2O3. The number of rotatable bonds is 11. The van der Waals surface area contributed by atoms with Crippen LogP contribution in [0.5, 0.6) is 0 Å². The van der Waals surface area contributed by atoms with Crippen molar-refractivity contribution in [1.29, 1.82) is 0 Å². The highest BCUT2D eigenvalue weighted by atomic mass is 16.5. The van der Waals surface area contributed by atoms with Gasteiger partial charge in [0.2, 0.25) is 0 Å². The van der Waals surface area contributed by atoms with E-state index in [0.29, 0.717) is 26.3 Å². The zero-order chi connectivity index (χ0) is 13.1. The van der Waals surface area contributed by atoms with Crippen LogP contribution >= 0.6 is 0 Å². The molecule has 5 heteroatoms. The van der Waals surface area contributed by atoms with Gasteiger partial charge in [0.25, 0.3) is 0 Å². The van der Waals surface area contributed by atoms with Gasteiger partial charge < -0.3 is 19.9 Å². The molecule has 5 nitrogen and oxygen atoms in total. The number of aliphatic hydroxyl groups is 1. The molecule has 0 spiro atoms. The summed E-state index contributed by atoms with van der Waals surface area (Å²) in [5, 5.41) is 13.0. The summed E-state index contributed by atoms with van der Waals surface area (Å²) in [6.07, 6.45) is -0.355. The maximum absolute atomic E-state index is 9.88. The van der Waals surface area contributed by atoms with Crippen LogP contribution in [-0.4, -0.2) is 75.8 Å². The van der Waals surface area contributed by atoms with Crippen molar-refractivity contribution in [2.75, 3.05) is 53.6 Å². The van der Waals surface area contributed by atoms with Gasteiger partial charge >= 0.3 is 0 Å². The van der Waals surface area contributed by atoms with Crippen molar-refractivity contribution in [3.8, 4) is 0 Å². The zero-order valence-electron chi connectivity index (χ0n) is 11.6. The van der Waals surface area contributed by atoms with Gasteiger partial charge in [-0.2, -0.15) is 0 Å². The van der Waals surface area contributed by atoms with Crippen molar-refractivity contribution in [2.45, 2.75) is 26.0 Å². The number of hydrogen-bond donors (Lipinski definition) is 2. The summed E-state index contributed by atoms with van der Waals surface area (Å²) in [4.78, 5) is 2.19. The van der Waals surface area contributed by atoms with Gasteiger partial charge in [-0.05, 0) is 13.5 Å². The first-order valence-corrected chi connectivity index (χ1v) is 6.26. The number of ether oxygens (including phenoxy) is 2. The first kappa shape index (κ1) is 16.8. The van der Waals surface area contributed by atoms with Gasteiger partial charge in [0, 0.05) is 39.9 Å². The molecule has 0 aliphatic carbocycles. The van der Waals surface area contributed by atoms with Gasteiger partial charge in [-0.3, -0.25) is 4.90 Å². The van der Waals surface area contributed by atoms with Crippen LogP contribution in [0, 0.1) is 0 Å². The standard InChI is InChI=1S/C12H28N2O3/c1-5-13-8-12(15)9-14(6-7-16-3)11(2)10-17-4/h11-13,15H,5-10H2,1-4H3. The van der Waals surface area contributed by atoms with Gasteiger partial charge in [-0.15, -0.1) is 0 Å². The molecular weight excluding hydrogens is 220 g/mol. The van der Waals surface area contributed by atoms with Crippen molar-refractivity contribution in [3.05, 3.63) is 0 Å². The Kier molecular flexibility index (Phi) is 10.8. The lowest BCUT2D eigenvalue weighted by atomic mass is 10.2. The van der Waals surface area contributed by atoms with E-state index < -0.39 is 0 Å². The molecule has 0 heterocycles. The van der Waals surface area contributed by atoms with Crippen molar-refractivity contribution in [1.82, 2.24) is 10.2 Å². The molecule has 2 N–H and O–H groups in total. The largest absolute Gasteiger partial charge is 0.390 e. The maximum atomic E-state index is 9.88. The third-order valence-electron chi connectivity index (χ3n) is 2.69. The van der Waals surface area contributed by atoms with E-state index in [9.17, 15) is 5.11 Å². The molecule has 0 fully saturated rings. The molecule has 0 rings (SSSR count). The van der Waals surface area contributed by atoms with Crippen LogP contribution in [0.2, 0.25) is 0 Å². The van der Waals surface area contributed by atoms with E-state index in [2.05, 4.69) is 17.1 Å². The summed E-state index contributed by atoms with van der Waals surface area (Å²) in [5.74, 6) is 0. The second-order valence-electron chi connectivity index (χ2n) is 4.25. The molecule has 0 saturated carbocycles. The minimum absolute atomic E-state index is 0.284. The fraction of sp³-hybridized carbons (Fsp3) is 1.00. The van der Waals surface area contributed by atoms with Crippen LogP contribution < -0.4 is 5.32 Å². The van der Waals surface area contributed by atoms with Gasteiger partial charge in [0.15, 0.2) is 0 Å². The Labute approximate surface area is 105 Å². The molecule has 0 bridgehead atoms. The lowest BCUT2D eigenvalue weighted by Crippen LogP contribution is -2.45. The molecule has 0 aromatic rings. The highest BCUT2D eigenvalue weighted by molar-refractivity contribution is 4.72. The van der Waals surface area contributed by atoms with E-state index in [1.807, 2.05) is 6.92 Å². The van der Waals surface area contributed by atoms with Crippen molar-refractivity contribution in [2.24, 2.45) is 0 Å². The SMILES string of the molecule is CCNCC(O)CN(CCOC)C(C)COC. The second kappa shape index (κ2) is 10.9. The van der Waals surface area contributed by atoms with Gasteiger partial charge in [0.1, 0.15) is 0 Å². The van der Waals surface area contributed by atoms with Gasteiger partial charge in [0.05, 0.1) is 19.3 Å². The minimum Gasteiger partial charge on any atom is -0.390 e.